The van der Waals surface area contributed by atoms with Crippen molar-refractivity contribution in [2.45, 2.75) is 32.7 Å². The monoisotopic (exact) mass is 284 g/mol. The third-order valence-electron chi connectivity index (χ3n) is 3.10. The number of hydrogen-bond acceptors (Lipinski definition) is 3. The van der Waals surface area contributed by atoms with Gasteiger partial charge in [0.25, 0.3) is 0 Å². The summed E-state index contributed by atoms with van der Waals surface area (Å²) in [6, 6.07) is 4.09. The number of carbonyl (C=O) groups is 1. The summed E-state index contributed by atoms with van der Waals surface area (Å²) in [4.78, 5) is 15.6. The molecule has 0 saturated heterocycles. The average molecular weight is 284 g/mol. The molecule has 5 heteroatoms. The van der Waals surface area contributed by atoms with E-state index in [1.807, 2.05) is 38.4 Å². The van der Waals surface area contributed by atoms with Gasteiger partial charge in [0.15, 0.2) is 0 Å². The van der Waals surface area contributed by atoms with Gasteiger partial charge in [-0.1, -0.05) is 31.6 Å². The molecule has 0 aliphatic heterocycles. The van der Waals surface area contributed by atoms with E-state index in [2.05, 4.69) is 0 Å². The van der Waals surface area contributed by atoms with Gasteiger partial charge in [-0.2, -0.15) is 0 Å². The molecule has 1 rings (SSSR count). The summed E-state index contributed by atoms with van der Waals surface area (Å²) in [5.41, 5.74) is 5.67. The molecule has 0 saturated carbocycles. The minimum atomic E-state index is -0.336. The Hall–Kier alpha value is -0.940. The molecule has 18 heavy (non-hydrogen) atoms. The van der Waals surface area contributed by atoms with E-state index in [0.717, 1.165) is 12.8 Å². The van der Waals surface area contributed by atoms with Crippen LogP contribution in [0.15, 0.2) is 17.5 Å². The second-order valence-corrected chi connectivity index (χ2v) is 5.83. The highest BCUT2D eigenvalue weighted by Crippen LogP contribution is 2.25. The molecule has 0 fully saturated rings. The number of thiophene rings is 1. The van der Waals surface area contributed by atoms with Crippen molar-refractivity contribution < 1.29 is 4.79 Å². The molecule has 0 bridgehead atoms. The van der Waals surface area contributed by atoms with Gasteiger partial charge in [0.2, 0.25) is 5.91 Å². The molecule has 2 N–H and O–H groups in total. The normalized spacial score (nSPS) is 13.9. The Labute approximate surface area is 118 Å². The van der Waals surface area contributed by atoms with Crippen molar-refractivity contribution in [3.8, 4) is 0 Å². The van der Waals surface area contributed by atoms with Crippen molar-refractivity contribution in [2.24, 2.45) is 11.7 Å². The smallest absolute Gasteiger partial charge is 0.232 e. The minimum Gasteiger partial charge on any atom is -0.393 e. The largest absolute Gasteiger partial charge is 0.393 e. The highest BCUT2D eigenvalue weighted by atomic mass is 32.1. The number of carbonyl (C=O) groups excluding carboxylic acids is 1. The highest BCUT2D eigenvalue weighted by molar-refractivity contribution is 7.80. The average Bonchev–Trinajstić information content (AvgIpc) is 2.86. The molecule has 0 aromatic carbocycles. The summed E-state index contributed by atoms with van der Waals surface area (Å²) in [5, 5.41) is 2.02. The zero-order valence-corrected chi connectivity index (χ0v) is 12.7. The van der Waals surface area contributed by atoms with Gasteiger partial charge in [-0.3, -0.25) is 4.79 Å². The Morgan fingerprint density at radius 2 is 2.28 bits per heavy atom. The molecule has 0 aliphatic carbocycles. The lowest BCUT2D eigenvalue weighted by Crippen LogP contribution is -2.40. The van der Waals surface area contributed by atoms with Gasteiger partial charge in [-0.15, -0.1) is 11.3 Å². The Bertz CT molecular complexity index is 403. The summed E-state index contributed by atoms with van der Waals surface area (Å²) in [6.45, 7) is 4.05. The molecule has 100 valence electrons. The number of nitrogens with zero attached hydrogens (tertiary/aromatic N) is 1. The molecule has 0 aliphatic rings. The lowest BCUT2D eigenvalue weighted by molar-refractivity contribution is -0.134. The van der Waals surface area contributed by atoms with Crippen molar-refractivity contribution in [3.63, 3.8) is 0 Å². The number of thiocarbonyl (C=S) groups is 1. The first-order chi connectivity index (χ1) is 8.49. The minimum absolute atomic E-state index is 0.0188. The Balaban J connectivity index is 2.78. The van der Waals surface area contributed by atoms with Crippen LogP contribution in [-0.4, -0.2) is 22.8 Å². The maximum Gasteiger partial charge on any atom is 0.232 e. The predicted molar refractivity (Wildman–Crippen MR) is 80.7 cm³/mol. The van der Waals surface area contributed by atoms with Gasteiger partial charge >= 0.3 is 0 Å². The lowest BCUT2D eigenvalue weighted by atomic mass is 10.0. The van der Waals surface area contributed by atoms with Crippen LogP contribution in [0.2, 0.25) is 0 Å². The van der Waals surface area contributed by atoms with Crippen LogP contribution in [0.1, 0.15) is 37.6 Å². The molecule has 2 atom stereocenters. The molecule has 1 aromatic heterocycles. The van der Waals surface area contributed by atoms with Crippen LogP contribution in [0.3, 0.4) is 0 Å². The molecule has 1 heterocycles. The summed E-state index contributed by atoms with van der Waals surface area (Å²) in [6.07, 6.45) is 1.62. The Kier molecular flexibility index (Phi) is 5.75. The number of nitrogens with two attached hydrogens (primary N) is 1. The van der Waals surface area contributed by atoms with E-state index < -0.39 is 0 Å². The lowest BCUT2D eigenvalue weighted by Gasteiger charge is -2.28. The third-order valence-corrected chi connectivity index (χ3v) is 4.43. The van der Waals surface area contributed by atoms with Gasteiger partial charge in [-0.25, -0.2) is 0 Å². The first kappa shape index (κ1) is 15.1. The summed E-state index contributed by atoms with van der Waals surface area (Å²) in [5.74, 6) is -0.317. The zero-order chi connectivity index (χ0) is 13.7. The van der Waals surface area contributed by atoms with Crippen LogP contribution >= 0.6 is 23.6 Å². The van der Waals surface area contributed by atoms with Crippen LogP contribution in [0.4, 0.5) is 0 Å². The number of rotatable bonds is 6. The molecule has 1 amide bonds. The first-order valence-corrected chi connectivity index (χ1v) is 7.37. The fraction of sp³-hybridized carbons (Fsp3) is 0.538. The van der Waals surface area contributed by atoms with Gasteiger partial charge in [-0.05, 0) is 24.8 Å². The second kappa shape index (κ2) is 6.85. The topological polar surface area (TPSA) is 46.3 Å². The van der Waals surface area contributed by atoms with Crippen LogP contribution in [0.5, 0.6) is 0 Å². The van der Waals surface area contributed by atoms with Crippen molar-refractivity contribution in [1.82, 2.24) is 4.90 Å². The molecule has 0 radical (unpaired) electrons. The molecular formula is C13H20N2OS2. The van der Waals surface area contributed by atoms with Crippen molar-refractivity contribution in [3.05, 3.63) is 22.4 Å². The molecule has 2 unspecified atom stereocenters. The van der Waals surface area contributed by atoms with Crippen LogP contribution < -0.4 is 5.73 Å². The summed E-state index contributed by atoms with van der Waals surface area (Å²) >= 11 is 6.65. The molecule has 0 spiro atoms. The van der Waals surface area contributed by atoms with Gasteiger partial charge < -0.3 is 10.6 Å². The quantitative estimate of drug-likeness (QED) is 0.817. The zero-order valence-electron chi connectivity index (χ0n) is 11.1. The standard InChI is InChI=1S/C13H20N2OS2/c1-4-6-10(12(14)17)13(16)15(3)9(2)11-7-5-8-18-11/h5,7-10H,4,6H2,1-3H3,(H2,14,17). The molecule has 3 nitrogen and oxygen atoms in total. The van der Waals surface area contributed by atoms with Gasteiger partial charge in [0, 0.05) is 11.9 Å². The van der Waals surface area contributed by atoms with Crippen molar-refractivity contribution in [1.29, 1.82) is 0 Å². The van der Waals surface area contributed by atoms with Gasteiger partial charge in [0.1, 0.15) is 0 Å². The second-order valence-electron chi connectivity index (χ2n) is 4.38. The number of amides is 1. The van der Waals surface area contributed by atoms with Crippen molar-refractivity contribution in [2.75, 3.05) is 7.05 Å². The first-order valence-electron chi connectivity index (χ1n) is 6.08. The number of hydrogen-bond donors (Lipinski definition) is 1. The maximum absolute atomic E-state index is 12.4. The molecular weight excluding hydrogens is 264 g/mol. The van der Waals surface area contributed by atoms with Crippen LogP contribution in [-0.2, 0) is 4.79 Å². The molecule has 1 aromatic rings. The maximum atomic E-state index is 12.4. The Morgan fingerprint density at radius 3 is 2.72 bits per heavy atom. The van der Waals surface area contributed by atoms with E-state index >= 15 is 0 Å². The highest BCUT2D eigenvalue weighted by Gasteiger charge is 2.27. The van der Waals surface area contributed by atoms with Crippen LogP contribution in [0.25, 0.3) is 0 Å². The van der Waals surface area contributed by atoms with E-state index in [-0.39, 0.29) is 17.9 Å². The van der Waals surface area contributed by atoms with E-state index in [1.165, 1.54) is 4.88 Å². The van der Waals surface area contributed by atoms with Crippen molar-refractivity contribution >= 4 is 34.5 Å². The third kappa shape index (κ3) is 3.53. The predicted octanol–water partition coefficient (Wildman–Crippen LogP) is 2.97. The summed E-state index contributed by atoms with van der Waals surface area (Å²) in [7, 11) is 1.81. The Morgan fingerprint density at radius 1 is 1.61 bits per heavy atom. The summed E-state index contributed by atoms with van der Waals surface area (Å²) < 4.78 is 0. The van der Waals surface area contributed by atoms with E-state index in [1.54, 1.807) is 16.2 Å². The fourth-order valence-electron chi connectivity index (χ4n) is 1.83. The van der Waals surface area contributed by atoms with E-state index in [9.17, 15) is 4.79 Å². The van der Waals surface area contributed by atoms with Gasteiger partial charge in [0.05, 0.1) is 16.9 Å². The fourth-order valence-corrected chi connectivity index (χ4v) is 2.88. The SMILES string of the molecule is CCCC(C(=O)N(C)C(C)c1cccs1)C(N)=S. The van der Waals surface area contributed by atoms with E-state index in [4.69, 9.17) is 18.0 Å². The van der Waals surface area contributed by atoms with Crippen LogP contribution in [0, 0.1) is 5.92 Å². The van der Waals surface area contributed by atoms with E-state index in [0.29, 0.717) is 4.99 Å².